The topological polar surface area (TPSA) is 38.3 Å². The summed E-state index contributed by atoms with van der Waals surface area (Å²) < 4.78 is 43.8. The molecule has 1 N–H and O–H groups in total. The van der Waals surface area contributed by atoms with Crippen LogP contribution >= 0.6 is 0 Å². The predicted octanol–water partition coefficient (Wildman–Crippen LogP) is 2.22. The Hall–Kier alpha value is -1.56. The fourth-order valence-corrected chi connectivity index (χ4v) is 1.62. The molecule has 0 aromatic heterocycles. The van der Waals surface area contributed by atoms with Gasteiger partial charge in [0.05, 0.1) is 5.69 Å². The van der Waals surface area contributed by atoms with Gasteiger partial charge in [-0.05, 0) is 25.0 Å². The van der Waals surface area contributed by atoms with E-state index in [0.717, 1.165) is 18.6 Å². The molecule has 1 aromatic rings. The minimum Gasteiger partial charge on any atom is -0.368 e. The van der Waals surface area contributed by atoms with Gasteiger partial charge in [0, 0.05) is 6.61 Å². The van der Waals surface area contributed by atoms with Crippen LogP contribution in [0.3, 0.4) is 0 Å². The number of ether oxygens (including phenoxy) is 1. The van der Waals surface area contributed by atoms with Crippen molar-refractivity contribution in [2.24, 2.45) is 0 Å². The van der Waals surface area contributed by atoms with Crippen LogP contribution in [0.5, 0.6) is 0 Å². The van der Waals surface area contributed by atoms with Gasteiger partial charge in [0.25, 0.3) is 5.91 Å². The molecule has 1 aromatic carbocycles. The summed E-state index contributed by atoms with van der Waals surface area (Å²) in [5.74, 6) is -4.85. The molecule has 0 bridgehead atoms. The van der Waals surface area contributed by atoms with Crippen LogP contribution in [0, 0.1) is 17.5 Å². The predicted molar refractivity (Wildman–Crippen MR) is 53.9 cm³/mol. The Morgan fingerprint density at radius 3 is 2.71 bits per heavy atom. The fourth-order valence-electron chi connectivity index (χ4n) is 1.62. The SMILES string of the molecule is O=C(Nc1ccc(F)c(F)c1F)[C@H]1CCCO1. The Labute approximate surface area is 95.6 Å². The van der Waals surface area contributed by atoms with E-state index < -0.39 is 29.5 Å². The Bertz CT molecular complexity index is 445. The molecule has 1 atom stereocenters. The molecule has 17 heavy (non-hydrogen) atoms. The van der Waals surface area contributed by atoms with Crippen molar-refractivity contribution in [1.82, 2.24) is 0 Å². The van der Waals surface area contributed by atoms with Gasteiger partial charge in [-0.15, -0.1) is 0 Å². The monoisotopic (exact) mass is 245 g/mol. The van der Waals surface area contributed by atoms with Crippen molar-refractivity contribution in [3.8, 4) is 0 Å². The summed E-state index contributed by atoms with van der Waals surface area (Å²) in [5, 5.41) is 2.17. The zero-order chi connectivity index (χ0) is 12.4. The average molecular weight is 245 g/mol. The second-order valence-electron chi connectivity index (χ2n) is 3.71. The molecule has 1 fully saturated rings. The first kappa shape index (κ1) is 11.9. The van der Waals surface area contributed by atoms with Gasteiger partial charge in [-0.1, -0.05) is 0 Å². The first-order valence-corrected chi connectivity index (χ1v) is 5.15. The standard InChI is InChI=1S/C11H10F3NO2/c12-6-3-4-7(10(14)9(6)13)15-11(16)8-2-1-5-17-8/h3-4,8H,1-2,5H2,(H,15,16)/t8-/m1/s1. The summed E-state index contributed by atoms with van der Waals surface area (Å²) in [6, 6.07) is 1.73. The Morgan fingerprint density at radius 2 is 2.06 bits per heavy atom. The van der Waals surface area contributed by atoms with E-state index in [1.54, 1.807) is 0 Å². The number of amides is 1. The van der Waals surface area contributed by atoms with Gasteiger partial charge in [0.1, 0.15) is 6.10 Å². The van der Waals surface area contributed by atoms with Crippen molar-refractivity contribution in [3.05, 3.63) is 29.6 Å². The number of nitrogens with one attached hydrogen (secondary N) is 1. The molecule has 1 aliphatic rings. The highest BCUT2D eigenvalue weighted by atomic mass is 19.2. The minimum atomic E-state index is -1.60. The van der Waals surface area contributed by atoms with Crippen LogP contribution in [0.25, 0.3) is 0 Å². The highest BCUT2D eigenvalue weighted by Crippen LogP contribution is 2.21. The lowest BCUT2D eigenvalue weighted by Gasteiger charge is -2.11. The molecular weight excluding hydrogens is 235 g/mol. The van der Waals surface area contributed by atoms with E-state index in [1.165, 1.54) is 0 Å². The molecule has 1 heterocycles. The zero-order valence-corrected chi connectivity index (χ0v) is 8.80. The van der Waals surface area contributed by atoms with Crippen LogP contribution in [0.15, 0.2) is 12.1 Å². The Balaban J connectivity index is 2.13. The first-order chi connectivity index (χ1) is 8.09. The van der Waals surface area contributed by atoms with E-state index in [9.17, 15) is 18.0 Å². The summed E-state index contributed by atoms with van der Waals surface area (Å²) >= 11 is 0. The maximum Gasteiger partial charge on any atom is 0.253 e. The largest absolute Gasteiger partial charge is 0.368 e. The summed E-state index contributed by atoms with van der Waals surface area (Å²) in [4.78, 5) is 11.5. The number of anilines is 1. The zero-order valence-electron chi connectivity index (χ0n) is 8.80. The number of halogens is 3. The van der Waals surface area contributed by atoms with Crippen molar-refractivity contribution in [2.75, 3.05) is 11.9 Å². The van der Waals surface area contributed by atoms with E-state index >= 15 is 0 Å². The smallest absolute Gasteiger partial charge is 0.253 e. The van der Waals surface area contributed by atoms with E-state index in [1.807, 2.05) is 0 Å². The van der Waals surface area contributed by atoms with Gasteiger partial charge in [0.15, 0.2) is 17.5 Å². The third-order valence-electron chi connectivity index (χ3n) is 2.52. The molecule has 0 radical (unpaired) electrons. The van der Waals surface area contributed by atoms with Crippen LogP contribution < -0.4 is 5.32 Å². The normalized spacial score (nSPS) is 19.4. The third kappa shape index (κ3) is 2.41. The average Bonchev–Trinajstić information content (AvgIpc) is 2.83. The van der Waals surface area contributed by atoms with Crippen LogP contribution in [0.4, 0.5) is 18.9 Å². The summed E-state index contributed by atoms with van der Waals surface area (Å²) in [6.07, 6.45) is 0.637. The van der Waals surface area contributed by atoms with Crippen LogP contribution in [0.2, 0.25) is 0 Å². The number of carbonyl (C=O) groups is 1. The number of rotatable bonds is 2. The molecule has 0 aliphatic carbocycles. The van der Waals surface area contributed by atoms with Crippen LogP contribution in [0.1, 0.15) is 12.8 Å². The number of hydrogen-bond donors (Lipinski definition) is 1. The second-order valence-corrected chi connectivity index (χ2v) is 3.71. The first-order valence-electron chi connectivity index (χ1n) is 5.15. The molecule has 1 aliphatic heterocycles. The fraction of sp³-hybridized carbons (Fsp3) is 0.364. The van der Waals surface area contributed by atoms with Crippen molar-refractivity contribution in [1.29, 1.82) is 0 Å². The highest BCUT2D eigenvalue weighted by molar-refractivity contribution is 5.94. The van der Waals surface area contributed by atoms with Crippen molar-refractivity contribution < 1.29 is 22.7 Å². The van der Waals surface area contributed by atoms with Gasteiger partial charge in [-0.25, -0.2) is 13.2 Å². The van der Waals surface area contributed by atoms with E-state index in [-0.39, 0.29) is 5.69 Å². The quantitative estimate of drug-likeness (QED) is 0.811. The number of carbonyl (C=O) groups excluding carboxylic acids is 1. The Morgan fingerprint density at radius 1 is 1.29 bits per heavy atom. The van der Waals surface area contributed by atoms with E-state index in [4.69, 9.17) is 4.74 Å². The molecule has 92 valence electrons. The lowest BCUT2D eigenvalue weighted by atomic mass is 10.2. The number of benzene rings is 1. The van der Waals surface area contributed by atoms with E-state index in [0.29, 0.717) is 13.0 Å². The maximum atomic E-state index is 13.2. The molecule has 3 nitrogen and oxygen atoms in total. The van der Waals surface area contributed by atoms with Crippen molar-refractivity contribution in [2.45, 2.75) is 18.9 Å². The lowest BCUT2D eigenvalue weighted by molar-refractivity contribution is -0.124. The molecule has 1 saturated heterocycles. The van der Waals surface area contributed by atoms with Gasteiger partial charge in [-0.2, -0.15) is 0 Å². The molecule has 6 heteroatoms. The number of hydrogen-bond acceptors (Lipinski definition) is 2. The van der Waals surface area contributed by atoms with Crippen molar-refractivity contribution >= 4 is 11.6 Å². The summed E-state index contributed by atoms with van der Waals surface area (Å²) in [6.45, 7) is 0.471. The van der Waals surface area contributed by atoms with Gasteiger partial charge in [-0.3, -0.25) is 4.79 Å². The van der Waals surface area contributed by atoms with Crippen LogP contribution in [-0.4, -0.2) is 18.6 Å². The highest BCUT2D eigenvalue weighted by Gasteiger charge is 2.25. The minimum absolute atomic E-state index is 0.385. The molecule has 0 saturated carbocycles. The van der Waals surface area contributed by atoms with Gasteiger partial charge in [0.2, 0.25) is 0 Å². The lowest BCUT2D eigenvalue weighted by Crippen LogP contribution is -2.27. The van der Waals surface area contributed by atoms with Crippen LogP contribution in [-0.2, 0) is 9.53 Å². The van der Waals surface area contributed by atoms with E-state index in [2.05, 4.69) is 5.32 Å². The molecule has 2 rings (SSSR count). The van der Waals surface area contributed by atoms with Gasteiger partial charge >= 0.3 is 0 Å². The molecule has 0 spiro atoms. The Kier molecular flexibility index (Phi) is 3.33. The molecule has 0 unspecified atom stereocenters. The second kappa shape index (κ2) is 4.75. The van der Waals surface area contributed by atoms with Crippen molar-refractivity contribution in [3.63, 3.8) is 0 Å². The van der Waals surface area contributed by atoms with Gasteiger partial charge < -0.3 is 10.1 Å². The molecular formula is C11H10F3NO2. The maximum absolute atomic E-state index is 13.2. The summed E-state index contributed by atoms with van der Waals surface area (Å²) in [7, 11) is 0. The third-order valence-corrected chi connectivity index (χ3v) is 2.52. The summed E-state index contributed by atoms with van der Waals surface area (Å²) in [5.41, 5.74) is -0.385. The molecule has 1 amide bonds.